The summed E-state index contributed by atoms with van der Waals surface area (Å²) in [5, 5.41) is 6.05. The van der Waals surface area contributed by atoms with Gasteiger partial charge in [-0.1, -0.05) is 23.7 Å². The Morgan fingerprint density at radius 1 is 1.17 bits per heavy atom. The fraction of sp³-hybridized carbons (Fsp3) is 0.286. The molecule has 0 unspecified atom stereocenters. The highest BCUT2D eigenvalue weighted by Gasteiger charge is 2.78. The number of halogens is 1. The smallest absolute Gasteiger partial charge is 0.314 e. The summed E-state index contributed by atoms with van der Waals surface area (Å²) in [4.78, 5) is 41.7. The first-order chi connectivity index (χ1) is 14.4. The van der Waals surface area contributed by atoms with Crippen molar-refractivity contribution in [1.82, 2.24) is 4.90 Å². The first kappa shape index (κ1) is 18.9. The van der Waals surface area contributed by atoms with Crippen LogP contribution in [0.25, 0.3) is 0 Å². The minimum atomic E-state index is -1.90. The number of methoxy groups -OCH3 is 1. The van der Waals surface area contributed by atoms with Crippen LogP contribution in [0.15, 0.2) is 42.5 Å². The minimum Gasteiger partial charge on any atom is -0.471 e. The number of carbonyl (C=O) groups is 3. The summed E-state index contributed by atoms with van der Waals surface area (Å²) in [6.07, 6.45) is 0. The van der Waals surface area contributed by atoms with E-state index in [9.17, 15) is 14.4 Å². The van der Waals surface area contributed by atoms with Crippen molar-refractivity contribution >= 4 is 40.8 Å². The zero-order valence-electron chi connectivity index (χ0n) is 16.2. The van der Waals surface area contributed by atoms with Gasteiger partial charge in [-0.05, 0) is 37.4 Å². The molecule has 2 aromatic carbocycles. The van der Waals surface area contributed by atoms with E-state index < -0.39 is 34.8 Å². The molecule has 3 aliphatic heterocycles. The van der Waals surface area contributed by atoms with Crippen molar-refractivity contribution in [3.05, 3.63) is 53.1 Å². The molecule has 5 rings (SSSR count). The molecular weight excluding hydrogens is 410 g/mol. The minimum absolute atomic E-state index is 0.0711. The first-order valence-corrected chi connectivity index (χ1v) is 9.74. The molecule has 3 heterocycles. The molecule has 8 nitrogen and oxygen atoms in total. The number of likely N-dealkylation sites (tertiary alicyclic amines) is 1. The summed E-state index contributed by atoms with van der Waals surface area (Å²) in [5.41, 5.74) is -2.07. The highest BCUT2D eigenvalue weighted by molar-refractivity contribution is 6.31. The predicted octanol–water partition coefficient (Wildman–Crippen LogP) is 1.99. The fourth-order valence-corrected chi connectivity index (χ4v) is 5.20. The molecule has 2 N–H and O–H groups in total. The van der Waals surface area contributed by atoms with Gasteiger partial charge in [0.05, 0.1) is 12.8 Å². The number of carbonyl (C=O) groups excluding carboxylic acids is 3. The normalized spacial score (nSPS) is 29.2. The lowest BCUT2D eigenvalue weighted by atomic mass is 9.70. The van der Waals surface area contributed by atoms with Crippen molar-refractivity contribution in [2.75, 3.05) is 31.3 Å². The average Bonchev–Trinajstić information content (AvgIpc) is 3.17. The molecule has 154 valence electrons. The Labute approximate surface area is 177 Å². The molecule has 0 aromatic heterocycles. The average molecular weight is 428 g/mol. The van der Waals surface area contributed by atoms with E-state index in [4.69, 9.17) is 21.1 Å². The lowest BCUT2D eigenvalue weighted by Gasteiger charge is -2.46. The summed E-state index contributed by atoms with van der Waals surface area (Å²) in [5.74, 6) is -2.40. The van der Waals surface area contributed by atoms with Crippen LogP contribution >= 0.6 is 11.6 Å². The van der Waals surface area contributed by atoms with E-state index in [0.29, 0.717) is 27.7 Å². The third-order valence-electron chi connectivity index (χ3n) is 6.23. The highest BCUT2D eigenvalue weighted by Crippen LogP contribution is 2.58. The van der Waals surface area contributed by atoms with Gasteiger partial charge in [0, 0.05) is 22.8 Å². The van der Waals surface area contributed by atoms with Crippen LogP contribution < -0.4 is 15.4 Å². The van der Waals surface area contributed by atoms with Gasteiger partial charge in [0.15, 0.2) is 5.54 Å². The number of amides is 2. The van der Waals surface area contributed by atoms with E-state index in [1.54, 1.807) is 54.4 Å². The van der Waals surface area contributed by atoms with Gasteiger partial charge in [-0.25, -0.2) is 0 Å². The van der Waals surface area contributed by atoms with Gasteiger partial charge in [-0.2, -0.15) is 0 Å². The monoisotopic (exact) mass is 427 g/mol. The van der Waals surface area contributed by atoms with Crippen molar-refractivity contribution in [1.29, 1.82) is 0 Å². The number of hydrogen-bond acceptors (Lipinski definition) is 6. The second-order valence-electron chi connectivity index (χ2n) is 7.60. The lowest BCUT2D eigenvalue weighted by molar-refractivity contribution is -0.165. The van der Waals surface area contributed by atoms with Crippen LogP contribution in [0.3, 0.4) is 0 Å². The van der Waals surface area contributed by atoms with Crippen LogP contribution in [0, 0.1) is 5.92 Å². The first-order valence-electron chi connectivity index (χ1n) is 9.36. The van der Waals surface area contributed by atoms with Crippen LogP contribution in [0.1, 0.15) is 5.56 Å². The number of ether oxygens (including phenoxy) is 2. The van der Waals surface area contributed by atoms with Crippen LogP contribution in [0.4, 0.5) is 11.4 Å². The van der Waals surface area contributed by atoms with Gasteiger partial charge in [0.25, 0.3) is 11.8 Å². The molecule has 9 heteroatoms. The molecule has 3 aliphatic rings. The maximum atomic E-state index is 13.7. The number of hydrogen-bond donors (Lipinski definition) is 2. The standard InChI is InChI=1S/C21H18ClN3O5/c1-25-10-13(17(26)29-2)21(19(28)24-15-5-3-4-6-16(15)30-21)20(25)12-9-11(22)7-8-14(12)23-18(20)27/h3-9,13H,10H2,1-2H3,(H,23,27)(H,24,28)/t13-,20+,21-/m0/s1. The Bertz CT molecular complexity index is 1120. The maximum absolute atomic E-state index is 13.7. The maximum Gasteiger partial charge on any atom is 0.314 e. The topological polar surface area (TPSA) is 97.0 Å². The molecule has 2 spiro atoms. The van der Waals surface area contributed by atoms with E-state index in [1.165, 1.54) is 7.11 Å². The number of rotatable bonds is 1. The predicted molar refractivity (Wildman–Crippen MR) is 108 cm³/mol. The number of likely N-dealkylation sites (N-methyl/N-ethyl adjacent to an activating group) is 1. The lowest BCUT2D eigenvalue weighted by Crippen LogP contribution is -2.70. The Kier molecular flexibility index (Phi) is 3.90. The molecule has 0 aliphatic carbocycles. The van der Waals surface area contributed by atoms with Crippen molar-refractivity contribution in [3.63, 3.8) is 0 Å². The molecule has 0 radical (unpaired) electrons. The Balaban J connectivity index is 1.84. The summed E-state index contributed by atoms with van der Waals surface area (Å²) in [6, 6.07) is 11.8. The highest BCUT2D eigenvalue weighted by atomic mass is 35.5. The summed E-state index contributed by atoms with van der Waals surface area (Å²) in [7, 11) is 2.92. The summed E-state index contributed by atoms with van der Waals surface area (Å²) < 4.78 is 11.4. The Hall–Kier alpha value is -3.10. The van der Waals surface area contributed by atoms with E-state index >= 15 is 0 Å². The molecule has 30 heavy (non-hydrogen) atoms. The third-order valence-corrected chi connectivity index (χ3v) is 6.47. The number of benzene rings is 2. The van der Waals surface area contributed by atoms with Crippen LogP contribution in [0.5, 0.6) is 5.75 Å². The quantitative estimate of drug-likeness (QED) is 0.676. The van der Waals surface area contributed by atoms with Crippen molar-refractivity contribution in [3.8, 4) is 5.75 Å². The Morgan fingerprint density at radius 3 is 2.67 bits per heavy atom. The van der Waals surface area contributed by atoms with Gasteiger partial charge >= 0.3 is 5.97 Å². The zero-order valence-corrected chi connectivity index (χ0v) is 16.9. The number of esters is 1. The SMILES string of the molecule is COC(=O)[C@@H]1CN(C)[C@]2(C(=O)Nc3ccc(Cl)cc32)[C@]12Oc1ccccc1NC2=O. The van der Waals surface area contributed by atoms with Gasteiger partial charge in [0.2, 0.25) is 5.60 Å². The second-order valence-corrected chi connectivity index (χ2v) is 8.04. The third kappa shape index (κ3) is 2.07. The van der Waals surface area contributed by atoms with Crippen molar-refractivity contribution < 1.29 is 23.9 Å². The number of nitrogens with zero attached hydrogens (tertiary/aromatic N) is 1. The van der Waals surface area contributed by atoms with Gasteiger partial charge in [-0.3, -0.25) is 19.3 Å². The second kappa shape index (κ2) is 6.20. The van der Waals surface area contributed by atoms with Crippen LogP contribution in [-0.2, 0) is 24.7 Å². The van der Waals surface area contributed by atoms with E-state index in [-0.39, 0.29) is 6.54 Å². The Morgan fingerprint density at radius 2 is 1.90 bits per heavy atom. The number of fused-ring (bicyclic) bond motifs is 4. The molecular formula is C21H18ClN3O5. The molecule has 0 saturated carbocycles. The van der Waals surface area contributed by atoms with E-state index in [1.807, 2.05) is 0 Å². The molecule has 2 aromatic rings. The molecule has 1 fully saturated rings. The van der Waals surface area contributed by atoms with E-state index in [2.05, 4.69) is 10.6 Å². The van der Waals surface area contributed by atoms with Crippen molar-refractivity contribution in [2.24, 2.45) is 5.92 Å². The van der Waals surface area contributed by atoms with Crippen LogP contribution in [-0.4, -0.2) is 49.0 Å². The number of anilines is 2. The van der Waals surface area contributed by atoms with Gasteiger partial charge in [0.1, 0.15) is 11.7 Å². The molecule has 1 saturated heterocycles. The molecule has 0 bridgehead atoms. The summed E-state index contributed by atoms with van der Waals surface area (Å²) in [6.45, 7) is 0.0711. The summed E-state index contributed by atoms with van der Waals surface area (Å²) >= 11 is 6.26. The van der Waals surface area contributed by atoms with Crippen LogP contribution in [0.2, 0.25) is 5.02 Å². The largest absolute Gasteiger partial charge is 0.471 e. The van der Waals surface area contributed by atoms with Crippen molar-refractivity contribution in [2.45, 2.75) is 11.1 Å². The van der Waals surface area contributed by atoms with E-state index in [0.717, 1.165) is 0 Å². The molecule has 3 atom stereocenters. The number of nitrogens with one attached hydrogen (secondary N) is 2. The zero-order chi connectivity index (χ0) is 21.3. The van der Waals surface area contributed by atoms with Gasteiger partial charge in [-0.15, -0.1) is 0 Å². The number of para-hydroxylation sites is 2. The molecule has 2 amide bonds. The van der Waals surface area contributed by atoms with Gasteiger partial charge < -0.3 is 20.1 Å². The fourth-order valence-electron chi connectivity index (χ4n) is 5.03.